The van der Waals surface area contributed by atoms with E-state index in [1.165, 1.54) is 25.7 Å². The van der Waals surface area contributed by atoms with Gasteiger partial charge in [0.05, 0.1) is 0 Å². The van der Waals surface area contributed by atoms with Gasteiger partial charge in [-0.25, -0.2) is 0 Å². The summed E-state index contributed by atoms with van der Waals surface area (Å²) < 4.78 is 0. The summed E-state index contributed by atoms with van der Waals surface area (Å²) in [5.74, 6) is 0. The number of nitrogens with zero attached hydrogens (tertiary/aromatic N) is 2. The molecular weight excluding hydrogens is 244 g/mol. The molecule has 0 unspecified atom stereocenters. The Hall–Kier alpha value is -1.12. The molecule has 0 radical (unpaired) electrons. The minimum atomic E-state index is 0.583. The second kappa shape index (κ2) is 9.73. The van der Waals surface area contributed by atoms with E-state index in [-0.39, 0.29) is 0 Å². The van der Waals surface area contributed by atoms with Crippen molar-refractivity contribution in [3.8, 4) is 0 Å². The van der Waals surface area contributed by atoms with Crippen molar-refractivity contribution in [3.63, 3.8) is 0 Å². The van der Waals surface area contributed by atoms with Gasteiger partial charge in [0, 0.05) is 38.3 Å². The molecule has 112 valence electrons. The van der Waals surface area contributed by atoms with Crippen molar-refractivity contribution in [2.75, 3.05) is 26.2 Å². The Bertz CT molecular complexity index is 269. The highest BCUT2D eigenvalue weighted by atomic mass is 15.2. The Labute approximate surface area is 125 Å². The topological polar surface area (TPSA) is 6.48 Å². The van der Waals surface area contributed by atoms with E-state index in [0.717, 1.165) is 26.2 Å². The molecule has 1 saturated carbocycles. The van der Waals surface area contributed by atoms with Crippen LogP contribution in [0, 0.1) is 0 Å². The molecule has 0 aromatic carbocycles. The molecular formula is C18H30N2. The van der Waals surface area contributed by atoms with Crippen molar-refractivity contribution >= 4 is 0 Å². The first-order chi connectivity index (χ1) is 9.78. The fourth-order valence-electron chi connectivity index (χ4n) is 3.30. The molecule has 0 amide bonds. The van der Waals surface area contributed by atoms with Crippen LogP contribution in [0.5, 0.6) is 0 Å². The van der Waals surface area contributed by atoms with Crippen molar-refractivity contribution < 1.29 is 0 Å². The molecule has 0 aliphatic heterocycles. The van der Waals surface area contributed by atoms with Gasteiger partial charge in [-0.15, -0.1) is 26.3 Å². The van der Waals surface area contributed by atoms with Gasteiger partial charge >= 0.3 is 0 Å². The van der Waals surface area contributed by atoms with Crippen molar-refractivity contribution in [3.05, 3.63) is 50.6 Å². The highest BCUT2D eigenvalue weighted by molar-refractivity contribution is 4.96. The first kappa shape index (κ1) is 16.9. The fraction of sp³-hybridized carbons (Fsp3) is 0.556. The molecule has 2 atom stereocenters. The second-order valence-electron chi connectivity index (χ2n) is 5.48. The summed E-state index contributed by atoms with van der Waals surface area (Å²) in [6.07, 6.45) is 13.2. The van der Waals surface area contributed by atoms with Crippen LogP contribution in [0.4, 0.5) is 0 Å². The Morgan fingerprint density at radius 2 is 0.950 bits per heavy atom. The van der Waals surface area contributed by atoms with E-state index in [4.69, 9.17) is 0 Å². The monoisotopic (exact) mass is 274 g/mol. The SMILES string of the molecule is C=CCN(CC=C)[C@@H]1CCCC[C@H]1N(CC=C)CC=C. The van der Waals surface area contributed by atoms with Gasteiger partial charge in [0.15, 0.2) is 0 Å². The van der Waals surface area contributed by atoms with Crippen LogP contribution in [0.15, 0.2) is 50.6 Å². The smallest absolute Gasteiger partial charge is 0.0258 e. The summed E-state index contributed by atoms with van der Waals surface area (Å²) in [4.78, 5) is 5.01. The molecule has 0 bridgehead atoms. The summed E-state index contributed by atoms with van der Waals surface area (Å²) in [6, 6.07) is 1.17. The number of hydrogen-bond donors (Lipinski definition) is 0. The van der Waals surface area contributed by atoms with Crippen LogP contribution in [-0.4, -0.2) is 48.1 Å². The molecule has 0 heterocycles. The van der Waals surface area contributed by atoms with E-state index >= 15 is 0 Å². The van der Waals surface area contributed by atoms with Gasteiger partial charge in [0.25, 0.3) is 0 Å². The summed E-state index contributed by atoms with van der Waals surface area (Å²) >= 11 is 0. The summed E-state index contributed by atoms with van der Waals surface area (Å²) in [7, 11) is 0. The van der Waals surface area contributed by atoms with Crippen molar-refractivity contribution in [2.24, 2.45) is 0 Å². The average molecular weight is 274 g/mol. The zero-order valence-corrected chi connectivity index (χ0v) is 12.8. The highest BCUT2D eigenvalue weighted by Gasteiger charge is 2.32. The molecule has 0 saturated heterocycles. The maximum atomic E-state index is 3.90. The maximum Gasteiger partial charge on any atom is 0.0258 e. The van der Waals surface area contributed by atoms with Gasteiger partial charge in [-0.1, -0.05) is 37.1 Å². The zero-order chi connectivity index (χ0) is 14.8. The van der Waals surface area contributed by atoms with E-state index < -0.39 is 0 Å². The molecule has 1 aliphatic carbocycles. The van der Waals surface area contributed by atoms with Gasteiger partial charge in [0.1, 0.15) is 0 Å². The first-order valence-electron chi connectivity index (χ1n) is 7.70. The van der Waals surface area contributed by atoms with E-state index in [0.29, 0.717) is 12.1 Å². The normalized spacial score (nSPS) is 22.7. The standard InChI is InChI=1S/C18H30N2/c1-5-13-19(14-6-2)17-11-9-10-12-18(17)20(15-7-3)16-8-4/h5-8,17-18H,1-4,9-16H2/t17-,18-/m1/s1. The third-order valence-electron chi connectivity index (χ3n) is 4.09. The summed E-state index contributed by atoms with van der Waals surface area (Å²) in [6.45, 7) is 19.3. The Morgan fingerprint density at radius 1 is 0.650 bits per heavy atom. The predicted molar refractivity (Wildman–Crippen MR) is 90.0 cm³/mol. The Morgan fingerprint density at radius 3 is 1.20 bits per heavy atom. The zero-order valence-electron chi connectivity index (χ0n) is 12.8. The summed E-state index contributed by atoms with van der Waals surface area (Å²) in [5.41, 5.74) is 0. The third kappa shape index (κ3) is 4.77. The molecule has 0 aromatic rings. The quantitative estimate of drug-likeness (QED) is 0.561. The lowest BCUT2D eigenvalue weighted by atomic mass is 9.87. The molecule has 0 N–H and O–H groups in total. The maximum absolute atomic E-state index is 3.90. The molecule has 0 spiro atoms. The van der Waals surface area contributed by atoms with Crippen LogP contribution in [0.2, 0.25) is 0 Å². The van der Waals surface area contributed by atoms with Gasteiger partial charge in [-0.3, -0.25) is 9.80 Å². The largest absolute Gasteiger partial charge is 0.292 e. The van der Waals surface area contributed by atoms with Gasteiger partial charge < -0.3 is 0 Å². The third-order valence-corrected chi connectivity index (χ3v) is 4.09. The summed E-state index contributed by atoms with van der Waals surface area (Å²) in [5, 5.41) is 0. The van der Waals surface area contributed by atoms with E-state index in [1.54, 1.807) is 0 Å². The van der Waals surface area contributed by atoms with Crippen molar-refractivity contribution in [2.45, 2.75) is 37.8 Å². The highest BCUT2D eigenvalue weighted by Crippen LogP contribution is 2.27. The molecule has 1 rings (SSSR count). The second-order valence-corrected chi connectivity index (χ2v) is 5.48. The number of rotatable bonds is 10. The lowest BCUT2D eigenvalue weighted by Gasteiger charge is -2.44. The number of hydrogen-bond acceptors (Lipinski definition) is 2. The van der Waals surface area contributed by atoms with E-state index in [1.807, 2.05) is 24.3 Å². The van der Waals surface area contributed by atoms with Gasteiger partial charge in [-0.2, -0.15) is 0 Å². The molecule has 0 aromatic heterocycles. The lowest BCUT2D eigenvalue weighted by Crippen LogP contribution is -2.53. The van der Waals surface area contributed by atoms with Gasteiger partial charge in [-0.05, 0) is 12.8 Å². The molecule has 2 nitrogen and oxygen atoms in total. The molecule has 20 heavy (non-hydrogen) atoms. The van der Waals surface area contributed by atoms with Crippen LogP contribution in [-0.2, 0) is 0 Å². The van der Waals surface area contributed by atoms with E-state index in [9.17, 15) is 0 Å². The average Bonchev–Trinajstić information content (AvgIpc) is 2.47. The van der Waals surface area contributed by atoms with Crippen LogP contribution in [0.1, 0.15) is 25.7 Å². The predicted octanol–water partition coefficient (Wildman–Crippen LogP) is 3.65. The molecule has 1 fully saturated rings. The van der Waals surface area contributed by atoms with Crippen LogP contribution >= 0.6 is 0 Å². The molecule has 2 heteroatoms. The first-order valence-corrected chi connectivity index (χ1v) is 7.70. The van der Waals surface area contributed by atoms with Crippen LogP contribution in [0.3, 0.4) is 0 Å². The Balaban J connectivity index is 2.85. The fourth-order valence-corrected chi connectivity index (χ4v) is 3.30. The van der Waals surface area contributed by atoms with Gasteiger partial charge in [0.2, 0.25) is 0 Å². The molecule has 1 aliphatic rings. The van der Waals surface area contributed by atoms with Crippen LogP contribution < -0.4 is 0 Å². The lowest BCUT2D eigenvalue weighted by molar-refractivity contribution is 0.0738. The van der Waals surface area contributed by atoms with Crippen LogP contribution in [0.25, 0.3) is 0 Å². The van der Waals surface area contributed by atoms with E-state index in [2.05, 4.69) is 36.1 Å². The Kier molecular flexibility index (Phi) is 8.24. The van der Waals surface area contributed by atoms with Crippen molar-refractivity contribution in [1.82, 2.24) is 9.80 Å². The minimum Gasteiger partial charge on any atom is -0.292 e. The van der Waals surface area contributed by atoms with Crippen molar-refractivity contribution in [1.29, 1.82) is 0 Å². The minimum absolute atomic E-state index is 0.583.